The van der Waals surface area contributed by atoms with Crippen LogP contribution < -0.4 is 55.5 Å². The van der Waals surface area contributed by atoms with Crippen LogP contribution in [0.15, 0.2) is 74.8 Å². The summed E-state index contributed by atoms with van der Waals surface area (Å²) in [6, 6.07) is 19.3. The van der Waals surface area contributed by atoms with Gasteiger partial charge in [0.2, 0.25) is 0 Å². The minimum Gasteiger partial charge on any atom is -0.493 e. The van der Waals surface area contributed by atoms with Crippen LogP contribution in [0.5, 0.6) is 11.5 Å². The molecule has 0 radical (unpaired) electrons. The van der Waals surface area contributed by atoms with Gasteiger partial charge in [-0.15, -0.1) is 0 Å². The minimum atomic E-state index is -1.25. The van der Waals surface area contributed by atoms with Crippen LogP contribution in [-0.2, 0) is 13.2 Å². The Morgan fingerprint density at radius 1 is 0.947 bits per heavy atom. The van der Waals surface area contributed by atoms with Gasteiger partial charge in [0, 0.05) is 13.0 Å². The third-order valence-corrected chi connectivity index (χ3v) is 6.13. The molecule has 4 aromatic rings. The zero-order valence-electron chi connectivity index (χ0n) is 22.4. The monoisotopic (exact) mass is 528 g/mol. The number of alkyl halides is 1. The van der Waals surface area contributed by atoms with Crippen molar-refractivity contribution in [3.8, 4) is 22.6 Å². The molecule has 0 N–H and O–H groups in total. The van der Waals surface area contributed by atoms with E-state index in [0.29, 0.717) is 25.4 Å². The fraction of sp³-hybridized carbons (Fsp3) is 0.310. The summed E-state index contributed by atoms with van der Waals surface area (Å²) in [6.45, 7) is 8.05. The van der Waals surface area contributed by atoms with Gasteiger partial charge < -0.3 is 19.0 Å². The van der Waals surface area contributed by atoms with Crippen molar-refractivity contribution in [1.29, 1.82) is 0 Å². The molecule has 0 saturated heterocycles. The van der Waals surface area contributed by atoms with E-state index in [2.05, 4.69) is 18.0 Å². The molecule has 1 heterocycles. The van der Waals surface area contributed by atoms with Crippen LogP contribution in [0.4, 0.5) is 4.39 Å². The van der Waals surface area contributed by atoms with Crippen LogP contribution in [0.1, 0.15) is 42.5 Å². The molecular weight excluding hydrogens is 498 g/mol. The average molecular weight is 529 g/mol. The van der Waals surface area contributed by atoms with Gasteiger partial charge in [0.15, 0.2) is 5.69 Å². The minimum absolute atomic E-state index is 0. The summed E-state index contributed by atoms with van der Waals surface area (Å²) >= 11 is 0. The van der Waals surface area contributed by atoms with E-state index in [1.165, 1.54) is 0 Å². The predicted octanol–water partition coefficient (Wildman–Crippen LogP) is 2.19. The molecule has 9 heteroatoms. The summed E-state index contributed by atoms with van der Waals surface area (Å²) in [5.41, 5.74) is 4.28. The van der Waals surface area contributed by atoms with Gasteiger partial charge >= 0.3 is 35.3 Å². The first-order valence-corrected chi connectivity index (χ1v) is 12.1. The van der Waals surface area contributed by atoms with Crippen molar-refractivity contribution in [2.24, 2.45) is 0 Å². The molecule has 7 nitrogen and oxygen atoms in total. The number of hydrogen-bond acceptors (Lipinski definition) is 5. The third kappa shape index (κ3) is 7.72. The van der Waals surface area contributed by atoms with Crippen LogP contribution in [-0.4, -0.2) is 17.0 Å². The first-order valence-electron chi connectivity index (χ1n) is 12.1. The molecule has 0 fully saturated rings. The van der Waals surface area contributed by atoms with Gasteiger partial charge in [-0.05, 0) is 85.3 Å². The molecule has 38 heavy (non-hydrogen) atoms. The summed E-state index contributed by atoms with van der Waals surface area (Å²) < 4.78 is 31.1. The molecule has 4 rings (SSSR count). The van der Waals surface area contributed by atoms with E-state index in [-0.39, 0.29) is 36.1 Å². The Balaban J connectivity index is 0.00000400. The van der Waals surface area contributed by atoms with Crippen LogP contribution in [0.2, 0.25) is 0 Å². The Labute approximate surface area is 242 Å². The van der Waals surface area contributed by atoms with Crippen molar-refractivity contribution >= 4 is 0 Å². The second kappa shape index (κ2) is 12.7. The van der Waals surface area contributed by atoms with Crippen LogP contribution in [0, 0.1) is 13.8 Å². The molecule has 0 aliphatic heterocycles. The SMILES string of the molecule is Cc1cc(OCCC(C)(C)F)ccc1-c1cccc(COc2ccc(Cn3oc(=O)[n-]c3=O)cc2)c1C.[Na+]. The van der Waals surface area contributed by atoms with E-state index >= 15 is 0 Å². The van der Waals surface area contributed by atoms with E-state index in [9.17, 15) is 14.0 Å². The zero-order valence-corrected chi connectivity index (χ0v) is 24.4. The molecule has 0 bridgehead atoms. The quantitative estimate of drug-likeness (QED) is 0.294. The average Bonchev–Trinajstić information content (AvgIpc) is 3.15. The standard InChI is InChI=1S/C29H31FN2O5.Na/c1-19-16-24(35-15-14-29(3,4)30)12-13-25(19)26-7-5-6-22(20(26)2)18-36-23-10-8-21(9-11-23)17-32-27(33)31-28(34)37-32;/h5-13,16H,14-15,17-18H2,1-4H3,(H,31,33,34);/q;+1/p-1. The molecule has 0 atom stereocenters. The van der Waals surface area contributed by atoms with Crippen molar-refractivity contribution in [1.82, 2.24) is 9.72 Å². The second-order valence-corrected chi connectivity index (χ2v) is 9.60. The fourth-order valence-electron chi connectivity index (χ4n) is 3.98. The first-order chi connectivity index (χ1) is 17.6. The normalized spacial score (nSPS) is 11.2. The van der Waals surface area contributed by atoms with Crippen molar-refractivity contribution in [2.75, 3.05) is 6.61 Å². The van der Waals surface area contributed by atoms with Crippen molar-refractivity contribution in [3.05, 3.63) is 104 Å². The number of halogens is 1. The Bertz CT molecular complexity index is 1480. The van der Waals surface area contributed by atoms with Crippen LogP contribution in [0.3, 0.4) is 0 Å². The van der Waals surface area contributed by atoms with Gasteiger partial charge in [0.05, 0.1) is 6.61 Å². The number of nitrogens with zero attached hydrogens (tertiary/aromatic N) is 2. The molecule has 1 aromatic heterocycles. The smallest absolute Gasteiger partial charge is 0.493 e. The number of ether oxygens (including phenoxy) is 2. The third-order valence-electron chi connectivity index (χ3n) is 6.13. The van der Waals surface area contributed by atoms with Gasteiger partial charge in [0.25, 0.3) is 0 Å². The largest absolute Gasteiger partial charge is 1.00 e. The number of aromatic nitrogens is 2. The maximum absolute atomic E-state index is 13.7. The molecule has 0 aliphatic rings. The zero-order chi connectivity index (χ0) is 26.6. The first kappa shape index (κ1) is 29.5. The maximum Gasteiger partial charge on any atom is 1.00 e. The van der Waals surface area contributed by atoms with Crippen molar-refractivity contribution in [2.45, 2.75) is 52.9 Å². The molecule has 3 aromatic carbocycles. The van der Waals surface area contributed by atoms with E-state index < -0.39 is 17.1 Å². The predicted molar refractivity (Wildman–Crippen MR) is 139 cm³/mol. The molecule has 0 unspecified atom stereocenters. The molecule has 0 amide bonds. The summed E-state index contributed by atoms with van der Waals surface area (Å²) in [6.07, 6.45) is 0.335. The van der Waals surface area contributed by atoms with E-state index in [1.807, 2.05) is 37.3 Å². The number of benzene rings is 3. The second-order valence-electron chi connectivity index (χ2n) is 9.60. The Morgan fingerprint density at radius 2 is 1.66 bits per heavy atom. The summed E-state index contributed by atoms with van der Waals surface area (Å²) in [4.78, 5) is 25.8. The van der Waals surface area contributed by atoms with Gasteiger partial charge in [-0.25, -0.2) is 9.18 Å². The fourth-order valence-corrected chi connectivity index (χ4v) is 3.98. The number of aryl methyl sites for hydroxylation is 1. The van der Waals surface area contributed by atoms with E-state index in [1.54, 1.807) is 38.1 Å². The van der Waals surface area contributed by atoms with Gasteiger partial charge in [-0.3, -0.25) is 9.53 Å². The topological polar surface area (TPSA) is 84.8 Å². The van der Waals surface area contributed by atoms with E-state index in [4.69, 9.17) is 14.0 Å². The summed E-state index contributed by atoms with van der Waals surface area (Å²) in [5.74, 6) is 0.504. The summed E-state index contributed by atoms with van der Waals surface area (Å²) in [7, 11) is 0. The van der Waals surface area contributed by atoms with E-state index in [0.717, 1.165) is 43.9 Å². The van der Waals surface area contributed by atoms with Gasteiger partial charge in [-0.1, -0.05) is 36.4 Å². The molecule has 0 aliphatic carbocycles. The maximum atomic E-state index is 13.7. The van der Waals surface area contributed by atoms with Crippen molar-refractivity contribution < 1.29 is 47.9 Å². The van der Waals surface area contributed by atoms with Gasteiger partial charge in [-0.2, -0.15) is 0 Å². The van der Waals surface area contributed by atoms with Gasteiger partial charge in [0.1, 0.15) is 23.8 Å². The molecule has 194 valence electrons. The number of hydrogen-bond donors (Lipinski definition) is 0. The van der Waals surface area contributed by atoms with Crippen molar-refractivity contribution in [3.63, 3.8) is 0 Å². The Hall–Kier alpha value is -3.07. The molecule has 0 spiro atoms. The molecule has 0 saturated carbocycles. The van der Waals surface area contributed by atoms with Crippen LogP contribution in [0.25, 0.3) is 11.1 Å². The Morgan fingerprint density at radius 3 is 2.29 bits per heavy atom. The molecular formula is C29H30FN2NaO5. The summed E-state index contributed by atoms with van der Waals surface area (Å²) in [5, 5.41) is 0. The Kier molecular flexibility index (Phi) is 9.82. The number of rotatable bonds is 10. The van der Waals surface area contributed by atoms with Crippen LogP contribution >= 0.6 is 0 Å².